The lowest BCUT2D eigenvalue weighted by Gasteiger charge is -2.20. The standard InChI is InChI=1S/C22H21NO5/c1-2-27-21(25)19(14-17-11-7-4-8-12-17)20(24)23-18(15-28-22(23)26)13-16-9-5-3-6-10-16/h3-12,14,18H,2,13,15H2,1H3/b19-14+/t18-/m0/s1. The topological polar surface area (TPSA) is 72.9 Å². The van der Waals surface area contributed by atoms with Gasteiger partial charge in [-0.3, -0.25) is 4.79 Å². The van der Waals surface area contributed by atoms with Crippen molar-refractivity contribution in [1.29, 1.82) is 0 Å². The number of hydrogen-bond donors (Lipinski definition) is 0. The van der Waals surface area contributed by atoms with Crippen molar-refractivity contribution in [2.45, 2.75) is 19.4 Å². The Bertz CT molecular complexity index is 876. The number of rotatable bonds is 6. The molecule has 28 heavy (non-hydrogen) atoms. The molecule has 1 heterocycles. The van der Waals surface area contributed by atoms with E-state index in [4.69, 9.17) is 9.47 Å². The van der Waals surface area contributed by atoms with Crippen LogP contribution in [-0.2, 0) is 25.5 Å². The number of carbonyl (C=O) groups is 3. The van der Waals surface area contributed by atoms with Crippen LogP contribution in [0.2, 0.25) is 0 Å². The van der Waals surface area contributed by atoms with Crippen LogP contribution in [-0.4, -0.2) is 42.1 Å². The molecule has 1 fully saturated rings. The fourth-order valence-electron chi connectivity index (χ4n) is 3.01. The third-order valence-electron chi connectivity index (χ3n) is 4.33. The molecule has 1 aliphatic rings. The number of carbonyl (C=O) groups excluding carboxylic acids is 3. The van der Waals surface area contributed by atoms with E-state index in [1.54, 1.807) is 31.2 Å². The van der Waals surface area contributed by atoms with Gasteiger partial charge in [0.1, 0.15) is 12.2 Å². The summed E-state index contributed by atoms with van der Waals surface area (Å²) in [6, 6.07) is 17.9. The number of hydrogen-bond acceptors (Lipinski definition) is 5. The summed E-state index contributed by atoms with van der Waals surface area (Å²) in [5.74, 6) is -1.49. The molecule has 0 radical (unpaired) electrons. The summed E-state index contributed by atoms with van der Waals surface area (Å²) in [6.07, 6.45) is 1.12. The van der Waals surface area contributed by atoms with Crippen molar-refractivity contribution >= 4 is 24.0 Å². The summed E-state index contributed by atoms with van der Waals surface area (Å²) >= 11 is 0. The van der Waals surface area contributed by atoms with Crippen LogP contribution < -0.4 is 0 Å². The number of amides is 2. The van der Waals surface area contributed by atoms with Crippen molar-refractivity contribution in [1.82, 2.24) is 4.90 Å². The van der Waals surface area contributed by atoms with Crippen molar-refractivity contribution < 1.29 is 23.9 Å². The Morgan fingerprint density at radius 3 is 2.39 bits per heavy atom. The third kappa shape index (κ3) is 4.46. The second kappa shape index (κ2) is 8.99. The normalized spacial score (nSPS) is 16.6. The Morgan fingerprint density at radius 1 is 1.11 bits per heavy atom. The molecule has 6 nitrogen and oxygen atoms in total. The van der Waals surface area contributed by atoms with Crippen LogP contribution >= 0.6 is 0 Å². The highest BCUT2D eigenvalue weighted by Gasteiger charge is 2.41. The zero-order valence-corrected chi connectivity index (χ0v) is 15.5. The van der Waals surface area contributed by atoms with Crippen LogP contribution in [0.1, 0.15) is 18.1 Å². The van der Waals surface area contributed by atoms with Crippen molar-refractivity contribution in [3.63, 3.8) is 0 Å². The molecular weight excluding hydrogens is 358 g/mol. The molecule has 1 saturated heterocycles. The summed E-state index contributed by atoms with van der Waals surface area (Å²) in [4.78, 5) is 38.8. The van der Waals surface area contributed by atoms with Gasteiger partial charge in [0, 0.05) is 0 Å². The van der Waals surface area contributed by atoms with E-state index in [1.807, 2.05) is 36.4 Å². The second-order valence-electron chi connectivity index (χ2n) is 6.28. The number of esters is 1. The molecule has 2 amide bonds. The van der Waals surface area contributed by atoms with Crippen LogP contribution in [0.5, 0.6) is 0 Å². The van der Waals surface area contributed by atoms with E-state index >= 15 is 0 Å². The molecule has 0 aromatic heterocycles. The van der Waals surface area contributed by atoms with Gasteiger partial charge in [-0.15, -0.1) is 0 Å². The number of ether oxygens (including phenoxy) is 2. The zero-order chi connectivity index (χ0) is 19.9. The highest BCUT2D eigenvalue weighted by molar-refractivity contribution is 6.22. The largest absolute Gasteiger partial charge is 0.462 e. The van der Waals surface area contributed by atoms with E-state index in [0.717, 1.165) is 10.5 Å². The van der Waals surface area contributed by atoms with Gasteiger partial charge in [0.05, 0.1) is 12.6 Å². The minimum atomic E-state index is -0.769. The van der Waals surface area contributed by atoms with Crippen LogP contribution in [0.3, 0.4) is 0 Å². The highest BCUT2D eigenvalue weighted by atomic mass is 16.6. The molecule has 0 spiro atoms. The van der Waals surface area contributed by atoms with E-state index in [0.29, 0.717) is 12.0 Å². The smallest absolute Gasteiger partial charge is 0.417 e. The van der Waals surface area contributed by atoms with Gasteiger partial charge in [0.15, 0.2) is 0 Å². The predicted molar refractivity (Wildman–Crippen MR) is 103 cm³/mol. The predicted octanol–water partition coefficient (Wildman–Crippen LogP) is 3.22. The maximum absolute atomic E-state index is 13.1. The SMILES string of the molecule is CCOC(=O)/C(=C/c1ccccc1)C(=O)N1C(=O)OC[C@@H]1Cc1ccccc1. The van der Waals surface area contributed by atoms with Gasteiger partial charge in [0.2, 0.25) is 0 Å². The lowest BCUT2D eigenvalue weighted by Crippen LogP contribution is -2.42. The van der Waals surface area contributed by atoms with Gasteiger partial charge in [-0.25, -0.2) is 14.5 Å². The van der Waals surface area contributed by atoms with E-state index in [9.17, 15) is 14.4 Å². The molecule has 1 aliphatic heterocycles. The summed E-state index contributed by atoms with van der Waals surface area (Å²) < 4.78 is 10.1. The van der Waals surface area contributed by atoms with Gasteiger partial charge in [-0.1, -0.05) is 60.7 Å². The van der Waals surface area contributed by atoms with Crippen molar-refractivity contribution in [3.05, 3.63) is 77.4 Å². The molecule has 2 aromatic carbocycles. The number of nitrogens with zero attached hydrogens (tertiary/aromatic N) is 1. The molecule has 0 saturated carbocycles. The summed E-state index contributed by atoms with van der Waals surface area (Å²) in [7, 11) is 0. The van der Waals surface area contributed by atoms with E-state index < -0.39 is 24.0 Å². The Kier molecular flexibility index (Phi) is 6.22. The first-order valence-electron chi connectivity index (χ1n) is 9.08. The minimum Gasteiger partial charge on any atom is -0.462 e. The number of cyclic esters (lactones) is 1. The maximum atomic E-state index is 13.1. The van der Waals surface area contributed by atoms with Crippen molar-refractivity contribution in [2.24, 2.45) is 0 Å². The van der Waals surface area contributed by atoms with Crippen LogP contribution in [0.25, 0.3) is 6.08 Å². The van der Waals surface area contributed by atoms with Crippen molar-refractivity contribution in [2.75, 3.05) is 13.2 Å². The zero-order valence-electron chi connectivity index (χ0n) is 15.5. The highest BCUT2D eigenvalue weighted by Crippen LogP contribution is 2.21. The lowest BCUT2D eigenvalue weighted by atomic mass is 10.0. The molecule has 0 bridgehead atoms. The molecule has 0 N–H and O–H groups in total. The summed E-state index contributed by atoms with van der Waals surface area (Å²) in [6.45, 7) is 1.86. The quantitative estimate of drug-likeness (QED) is 0.333. The molecular formula is C22H21NO5. The molecule has 6 heteroatoms. The maximum Gasteiger partial charge on any atom is 0.417 e. The molecule has 3 rings (SSSR count). The van der Waals surface area contributed by atoms with E-state index in [2.05, 4.69) is 0 Å². The Balaban J connectivity index is 1.90. The summed E-state index contributed by atoms with van der Waals surface area (Å²) in [5.41, 5.74) is 1.42. The van der Waals surface area contributed by atoms with Gasteiger partial charge in [-0.05, 0) is 30.5 Å². The first-order chi connectivity index (χ1) is 13.6. The summed E-state index contributed by atoms with van der Waals surface area (Å²) in [5, 5.41) is 0. The first-order valence-corrected chi connectivity index (χ1v) is 9.08. The van der Waals surface area contributed by atoms with E-state index in [-0.39, 0.29) is 18.8 Å². The van der Waals surface area contributed by atoms with Crippen LogP contribution in [0.15, 0.2) is 66.2 Å². The van der Waals surface area contributed by atoms with Crippen LogP contribution in [0.4, 0.5) is 4.79 Å². The van der Waals surface area contributed by atoms with Gasteiger partial charge in [0.25, 0.3) is 5.91 Å². The number of benzene rings is 2. The third-order valence-corrected chi connectivity index (χ3v) is 4.33. The van der Waals surface area contributed by atoms with Gasteiger partial charge >= 0.3 is 12.1 Å². The van der Waals surface area contributed by atoms with Gasteiger partial charge in [-0.2, -0.15) is 0 Å². The fraction of sp³-hybridized carbons (Fsp3) is 0.227. The van der Waals surface area contributed by atoms with Crippen LogP contribution in [0, 0.1) is 0 Å². The molecule has 144 valence electrons. The monoisotopic (exact) mass is 379 g/mol. The second-order valence-corrected chi connectivity index (χ2v) is 6.28. The average molecular weight is 379 g/mol. The first kappa shape index (κ1) is 19.4. The molecule has 0 aliphatic carbocycles. The number of imide groups is 1. The fourth-order valence-corrected chi connectivity index (χ4v) is 3.01. The Morgan fingerprint density at radius 2 is 1.75 bits per heavy atom. The molecule has 1 atom stereocenters. The van der Waals surface area contributed by atoms with E-state index in [1.165, 1.54) is 6.08 Å². The minimum absolute atomic E-state index is 0.0842. The Labute approximate surface area is 163 Å². The Hall–Kier alpha value is -3.41. The average Bonchev–Trinajstić information content (AvgIpc) is 3.07. The van der Waals surface area contributed by atoms with Crippen molar-refractivity contribution in [3.8, 4) is 0 Å². The molecule has 2 aromatic rings. The molecule has 0 unspecified atom stereocenters. The lowest BCUT2D eigenvalue weighted by molar-refractivity contribution is -0.141. The van der Waals surface area contributed by atoms with Gasteiger partial charge < -0.3 is 9.47 Å².